The normalized spacial score (nSPS) is 14.1. The summed E-state index contributed by atoms with van der Waals surface area (Å²) >= 11 is 6.74. The maximum atomic E-state index is 13.1. The van der Waals surface area contributed by atoms with Gasteiger partial charge in [-0.2, -0.15) is 0 Å². The third kappa shape index (κ3) is 6.17. The molecule has 1 aliphatic rings. The maximum Gasteiger partial charge on any atom is 0.343 e. The minimum Gasteiger partial charge on any atom is -0.493 e. The SMILES string of the molecule is COc1ccc(CCN2C(=O)/C(=C/c3ccc(OC(=O)c4cccc(C)c4)c(OC)c3)SC2=S)cc1OC. The number of thiocarbonyl (C=S) groups is 1. The number of aryl methyl sites for hydroxylation is 1. The zero-order valence-corrected chi connectivity index (χ0v) is 23.1. The summed E-state index contributed by atoms with van der Waals surface area (Å²) < 4.78 is 22.2. The molecule has 3 aromatic carbocycles. The van der Waals surface area contributed by atoms with Crippen molar-refractivity contribution in [1.82, 2.24) is 4.90 Å². The number of rotatable bonds is 9. The highest BCUT2D eigenvalue weighted by Gasteiger charge is 2.31. The predicted molar refractivity (Wildman–Crippen MR) is 152 cm³/mol. The van der Waals surface area contributed by atoms with Gasteiger partial charge in [0.2, 0.25) is 0 Å². The largest absolute Gasteiger partial charge is 0.493 e. The summed E-state index contributed by atoms with van der Waals surface area (Å²) in [5.41, 5.74) is 3.13. The monoisotopic (exact) mass is 549 g/mol. The minimum absolute atomic E-state index is 0.158. The number of nitrogens with zero attached hydrogens (tertiary/aromatic N) is 1. The first-order valence-corrected chi connectivity index (χ1v) is 13.0. The molecular weight excluding hydrogens is 522 g/mol. The van der Waals surface area contributed by atoms with Gasteiger partial charge >= 0.3 is 5.97 Å². The van der Waals surface area contributed by atoms with Crippen LogP contribution in [0.4, 0.5) is 0 Å². The molecule has 4 rings (SSSR count). The topological polar surface area (TPSA) is 74.3 Å². The summed E-state index contributed by atoms with van der Waals surface area (Å²) in [6.07, 6.45) is 2.36. The highest BCUT2D eigenvalue weighted by molar-refractivity contribution is 8.26. The number of thioether (sulfide) groups is 1. The molecular formula is C29H27NO6S2. The number of amides is 1. The molecule has 1 aliphatic heterocycles. The van der Waals surface area contributed by atoms with E-state index in [1.165, 1.54) is 18.9 Å². The van der Waals surface area contributed by atoms with Crippen LogP contribution in [0.15, 0.2) is 65.6 Å². The van der Waals surface area contributed by atoms with Gasteiger partial charge in [-0.1, -0.05) is 53.8 Å². The van der Waals surface area contributed by atoms with Gasteiger partial charge in [0, 0.05) is 6.54 Å². The van der Waals surface area contributed by atoms with Gasteiger partial charge in [0.05, 0.1) is 31.8 Å². The Balaban J connectivity index is 1.46. The summed E-state index contributed by atoms with van der Waals surface area (Å²) in [4.78, 5) is 27.8. The molecule has 0 N–H and O–H groups in total. The fraction of sp³-hybridized carbons (Fsp3) is 0.207. The van der Waals surface area contributed by atoms with Crippen molar-refractivity contribution >= 4 is 46.3 Å². The Morgan fingerprint density at radius 1 is 0.921 bits per heavy atom. The molecule has 3 aromatic rings. The van der Waals surface area contributed by atoms with Gasteiger partial charge in [0.1, 0.15) is 4.32 Å². The van der Waals surface area contributed by atoms with E-state index in [1.54, 1.807) is 61.6 Å². The Bertz CT molecular complexity index is 1420. The van der Waals surface area contributed by atoms with E-state index in [1.807, 2.05) is 31.2 Å². The molecule has 1 saturated heterocycles. The van der Waals surface area contributed by atoms with Gasteiger partial charge in [-0.15, -0.1) is 0 Å². The molecule has 1 fully saturated rings. The third-order valence-electron chi connectivity index (χ3n) is 5.89. The summed E-state index contributed by atoms with van der Waals surface area (Å²) in [6.45, 7) is 2.35. The number of benzene rings is 3. The molecule has 0 atom stereocenters. The van der Waals surface area contributed by atoms with Crippen molar-refractivity contribution in [3.63, 3.8) is 0 Å². The fourth-order valence-corrected chi connectivity index (χ4v) is 5.22. The summed E-state index contributed by atoms with van der Waals surface area (Å²) in [5.74, 6) is 1.32. The molecule has 9 heteroatoms. The van der Waals surface area contributed by atoms with Crippen molar-refractivity contribution in [3.8, 4) is 23.0 Å². The van der Waals surface area contributed by atoms with Crippen LogP contribution >= 0.6 is 24.0 Å². The van der Waals surface area contributed by atoms with Crippen molar-refractivity contribution < 1.29 is 28.5 Å². The number of carbonyl (C=O) groups excluding carboxylic acids is 2. The molecule has 38 heavy (non-hydrogen) atoms. The van der Waals surface area contributed by atoms with Crippen LogP contribution in [-0.2, 0) is 11.2 Å². The highest BCUT2D eigenvalue weighted by Crippen LogP contribution is 2.35. The van der Waals surface area contributed by atoms with Crippen LogP contribution in [0.2, 0.25) is 0 Å². The first kappa shape index (κ1) is 27.2. The summed E-state index contributed by atoms with van der Waals surface area (Å²) in [7, 11) is 4.67. The van der Waals surface area contributed by atoms with Crippen LogP contribution in [0.25, 0.3) is 6.08 Å². The predicted octanol–water partition coefficient (Wildman–Crippen LogP) is 5.68. The first-order chi connectivity index (χ1) is 18.3. The lowest BCUT2D eigenvalue weighted by Crippen LogP contribution is -2.30. The van der Waals surface area contributed by atoms with Crippen LogP contribution in [0.3, 0.4) is 0 Å². The molecule has 1 amide bonds. The smallest absolute Gasteiger partial charge is 0.343 e. The van der Waals surface area contributed by atoms with E-state index >= 15 is 0 Å². The standard InChI is InChI=1S/C29H27NO6S2/c1-18-6-5-7-21(14-18)28(32)36-23-11-9-20(16-25(23)35-4)17-26-27(31)30(29(37)38-26)13-12-19-8-10-22(33-2)24(15-19)34-3/h5-11,14-17H,12-13H2,1-4H3/b26-17-. The average molecular weight is 550 g/mol. The van der Waals surface area contributed by atoms with Gasteiger partial charge < -0.3 is 18.9 Å². The van der Waals surface area contributed by atoms with E-state index in [2.05, 4.69) is 0 Å². The molecule has 0 aromatic heterocycles. The van der Waals surface area contributed by atoms with Gasteiger partial charge in [0.15, 0.2) is 23.0 Å². The Hall–Kier alpha value is -3.82. The molecule has 0 unspecified atom stereocenters. The molecule has 0 spiro atoms. The Morgan fingerprint density at radius 2 is 1.63 bits per heavy atom. The second kappa shape index (κ2) is 12.1. The van der Waals surface area contributed by atoms with Gasteiger partial charge in [0.25, 0.3) is 5.91 Å². The molecule has 7 nitrogen and oxygen atoms in total. The third-order valence-corrected chi connectivity index (χ3v) is 7.27. The first-order valence-electron chi connectivity index (χ1n) is 11.8. The van der Waals surface area contributed by atoms with E-state index in [0.717, 1.165) is 16.7 Å². The zero-order valence-electron chi connectivity index (χ0n) is 21.5. The number of methoxy groups -OCH3 is 3. The number of hydrogen-bond acceptors (Lipinski definition) is 8. The molecule has 0 bridgehead atoms. The van der Waals surface area contributed by atoms with Gasteiger partial charge in [-0.05, 0) is 66.9 Å². The molecule has 0 radical (unpaired) electrons. The van der Waals surface area contributed by atoms with Crippen molar-refractivity contribution in [3.05, 3.63) is 87.8 Å². The second-order valence-corrected chi connectivity index (χ2v) is 10.1. The number of hydrogen-bond donors (Lipinski definition) is 0. The maximum absolute atomic E-state index is 13.1. The molecule has 0 saturated carbocycles. The van der Waals surface area contributed by atoms with Crippen molar-refractivity contribution in [1.29, 1.82) is 0 Å². The lowest BCUT2D eigenvalue weighted by Gasteiger charge is -2.15. The Kier molecular flexibility index (Phi) is 8.70. The molecule has 0 aliphatic carbocycles. The lowest BCUT2D eigenvalue weighted by atomic mass is 10.1. The van der Waals surface area contributed by atoms with Gasteiger partial charge in [-0.25, -0.2) is 4.79 Å². The van der Waals surface area contributed by atoms with E-state index < -0.39 is 5.97 Å². The minimum atomic E-state index is -0.477. The summed E-state index contributed by atoms with van der Waals surface area (Å²) in [6, 6.07) is 18.0. The number of esters is 1. The van der Waals surface area contributed by atoms with Crippen LogP contribution in [0.1, 0.15) is 27.0 Å². The van der Waals surface area contributed by atoms with Crippen LogP contribution in [-0.4, -0.2) is 49.0 Å². The van der Waals surface area contributed by atoms with Crippen LogP contribution in [0, 0.1) is 6.92 Å². The van der Waals surface area contributed by atoms with Crippen LogP contribution < -0.4 is 18.9 Å². The highest BCUT2D eigenvalue weighted by atomic mass is 32.2. The molecule has 1 heterocycles. The van der Waals surface area contributed by atoms with Crippen molar-refractivity contribution in [2.75, 3.05) is 27.9 Å². The van der Waals surface area contributed by atoms with Gasteiger partial charge in [-0.3, -0.25) is 9.69 Å². The lowest BCUT2D eigenvalue weighted by molar-refractivity contribution is -0.122. The quantitative estimate of drug-likeness (QED) is 0.146. The fourth-order valence-electron chi connectivity index (χ4n) is 3.91. The Morgan fingerprint density at radius 3 is 2.34 bits per heavy atom. The van der Waals surface area contributed by atoms with Crippen molar-refractivity contribution in [2.45, 2.75) is 13.3 Å². The van der Waals surface area contributed by atoms with E-state index in [4.69, 9.17) is 31.2 Å². The van der Waals surface area contributed by atoms with E-state index in [0.29, 0.717) is 50.8 Å². The summed E-state index contributed by atoms with van der Waals surface area (Å²) in [5, 5.41) is 0. The zero-order chi connectivity index (χ0) is 27.2. The number of ether oxygens (including phenoxy) is 4. The Labute approximate surface area is 231 Å². The number of carbonyl (C=O) groups is 2. The van der Waals surface area contributed by atoms with E-state index in [-0.39, 0.29) is 5.91 Å². The molecule has 196 valence electrons. The average Bonchev–Trinajstić information content (AvgIpc) is 3.19. The second-order valence-electron chi connectivity index (χ2n) is 8.44. The van der Waals surface area contributed by atoms with Crippen molar-refractivity contribution in [2.24, 2.45) is 0 Å². The van der Waals surface area contributed by atoms with E-state index in [9.17, 15) is 9.59 Å². The van der Waals surface area contributed by atoms with Crippen LogP contribution in [0.5, 0.6) is 23.0 Å².